The Morgan fingerprint density at radius 3 is 1.27 bits per heavy atom. The molecule has 49 heavy (non-hydrogen) atoms. The summed E-state index contributed by atoms with van der Waals surface area (Å²) >= 11 is 0. The van der Waals surface area contributed by atoms with Crippen molar-refractivity contribution in [2.45, 2.75) is 27.7 Å². The van der Waals surface area contributed by atoms with Gasteiger partial charge in [-0.1, -0.05) is 36.4 Å². The molecule has 0 bridgehead atoms. The van der Waals surface area contributed by atoms with Crippen molar-refractivity contribution in [3.05, 3.63) is 130 Å². The molecule has 246 valence electrons. The molecule has 0 fully saturated rings. The van der Waals surface area contributed by atoms with E-state index in [0.717, 1.165) is 70.6 Å². The molecule has 0 spiro atoms. The van der Waals surface area contributed by atoms with Crippen molar-refractivity contribution >= 4 is 33.3 Å². The summed E-state index contributed by atoms with van der Waals surface area (Å²) in [5, 5.41) is 1.72. The van der Waals surface area contributed by atoms with Crippen LogP contribution in [0.25, 0.3) is 66.8 Å². The second-order valence-electron chi connectivity index (χ2n) is 12.0. The largest absolute Gasteiger partial charge is 0.456 e. The van der Waals surface area contributed by atoms with E-state index in [2.05, 4.69) is 49.6 Å². The van der Waals surface area contributed by atoms with Gasteiger partial charge in [0, 0.05) is 71.6 Å². The van der Waals surface area contributed by atoms with Gasteiger partial charge in [-0.3, -0.25) is 0 Å². The number of benzene rings is 4. The maximum atomic E-state index is 13.2. The molecule has 0 N–H and O–H groups in total. The number of hydrogen-bond donors (Lipinski definition) is 0. The Morgan fingerprint density at radius 1 is 0.449 bits per heavy atom. The molecule has 3 aromatic heterocycles. The van der Waals surface area contributed by atoms with E-state index < -0.39 is 0 Å². The smallest absolute Gasteiger partial charge is 0.344 e. The standard InChI is InChI=1S/C42H38N2O5/c1-5-43(6-2)33-17-15-31-23-35(41(45)48-39(31)25-33)27-11-9-13-29(21-27)37-19-20-38(47-37)30-14-10-12-28(22-30)36-24-32-16-18-34(44(7-3)8-4)26-40(32)49-42(36)46/h9-26H,5-8H2,1-4H3. The molecule has 3 heterocycles. The summed E-state index contributed by atoms with van der Waals surface area (Å²) in [5.41, 5.74) is 6.54. The molecule has 0 aliphatic heterocycles. The molecule has 0 unspecified atom stereocenters. The fraction of sp³-hybridized carbons (Fsp3) is 0.190. The summed E-state index contributed by atoms with van der Waals surface area (Å²) in [6, 6.07) is 35.0. The van der Waals surface area contributed by atoms with Gasteiger partial charge in [-0.2, -0.15) is 0 Å². The van der Waals surface area contributed by atoms with E-state index in [9.17, 15) is 9.59 Å². The van der Waals surface area contributed by atoms with Gasteiger partial charge >= 0.3 is 11.3 Å². The Labute approximate surface area is 284 Å². The molecule has 7 heteroatoms. The highest BCUT2D eigenvalue weighted by atomic mass is 16.4. The van der Waals surface area contributed by atoms with Crippen molar-refractivity contribution < 1.29 is 13.3 Å². The molecular weight excluding hydrogens is 612 g/mol. The van der Waals surface area contributed by atoms with Crippen LogP contribution < -0.4 is 21.1 Å². The predicted molar refractivity (Wildman–Crippen MR) is 200 cm³/mol. The van der Waals surface area contributed by atoms with Crippen molar-refractivity contribution in [1.29, 1.82) is 0 Å². The van der Waals surface area contributed by atoms with Crippen molar-refractivity contribution in [2.75, 3.05) is 36.0 Å². The van der Waals surface area contributed by atoms with Gasteiger partial charge in [0.1, 0.15) is 22.7 Å². The van der Waals surface area contributed by atoms with Crippen LogP contribution in [0.4, 0.5) is 11.4 Å². The van der Waals surface area contributed by atoms with Crippen LogP contribution in [0.5, 0.6) is 0 Å². The number of furan rings is 1. The van der Waals surface area contributed by atoms with Gasteiger partial charge in [-0.05, 0) is 99.5 Å². The first-order valence-corrected chi connectivity index (χ1v) is 16.9. The SMILES string of the molecule is CCN(CC)c1ccc2cc(-c3cccc(-c4ccc(-c5cccc(-c6cc7ccc(N(CC)CC)cc7oc6=O)c5)o4)c3)c(=O)oc2c1. The third-order valence-corrected chi connectivity index (χ3v) is 9.22. The second-order valence-corrected chi connectivity index (χ2v) is 12.0. The first-order valence-electron chi connectivity index (χ1n) is 16.9. The Hall–Kier alpha value is -5.82. The minimum Gasteiger partial charge on any atom is -0.456 e. The summed E-state index contributed by atoms with van der Waals surface area (Å²) in [7, 11) is 0. The van der Waals surface area contributed by atoms with E-state index >= 15 is 0 Å². The van der Waals surface area contributed by atoms with Gasteiger partial charge < -0.3 is 23.1 Å². The third kappa shape index (κ3) is 6.16. The van der Waals surface area contributed by atoms with E-state index in [4.69, 9.17) is 13.3 Å². The normalized spacial score (nSPS) is 11.3. The molecule has 0 aliphatic carbocycles. The highest BCUT2D eigenvalue weighted by Crippen LogP contribution is 2.34. The Morgan fingerprint density at radius 2 is 0.857 bits per heavy atom. The second kappa shape index (κ2) is 13.4. The summed E-state index contributed by atoms with van der Waals surface area (Å²) in [6.07, 6.45) is 0. The lowest BCUT2D eigenvalue weighted by Crippen LogP contribution is -2.21. The van der Waals surface area contributed by atoms with Gasteiger partial charge in [0.05, 0.1) is 11.1 Å². The Balaban J connectivity index is 1.17. The zero-order chi connectivity index (χ0) is 34.1. The summed E-state index contributed by atoms with van der Waals surface area (Å²) < 4.78 is 17.9. The number of fused-ring (bicyclic) bond motifs is 2. The van der Waals surface area contributed by atoms with Crippen molar-refractivity contribution in [3.63, 3.8) is 0 Å². The minimum atomic E-state index is -0.388. The lowest BCUT2D eigenvalue weighted by molar-refractivity contribution is 0.563. The summed E-state index contributed by atoms with van der Waals surface area (Å²) in [5.74, 6) is 1.32. The number of nitrogens with zero attached hydrogens (tertiary/aromatic N) is 2. The van der Waals surface area contributed by atoms with E-state index in [1.165, 1.54) is 0 Å². The Bertz CT molecular complexity index is 2240. The number of hydrogen-bond acceptors (Lipinski definition) is 7. The van der Waals surface area contributed by atoms with Gasteiger partial charge in [0.25, 0.3) is 0 Å². The topological polar surface area (TPSA) is 80.0 Å². The van der Waals surface area contributed by atoms with Crippen molar-refractivity contribution in [1.82, 2.24) is 0 Å². The average Bonchev–Trinajstić information content (AvgIpc) is 3.63. The Kier molecular flexibility index (Phi) is 8.66. The highest BCUT2D eigenvalue weighted by molar-refractivity contribution is 5.86. The zero-order valence-electron chi connectivity index (χ0n) is 28.2. The van der Waals surface area contributed by atoms with E-state index in [-0.39, 0.29) is 11.3 Å². The van der Waals surface area contributed by atoms with E-state index in [1.807, 2.05) is 97.1 Å². The summed E-state index contributed by atoms with van der Waals surface area (Å²) in [6.45, 7) is 11.9. The lowest BCUT2D eigenvalue weighted by atomic mass is 10.0. The minimum absolute atomic E-state index is 0.388. The van der Waals surface area contributed by atoms with Crippen LogP contribution in [0.15, 0.2) is 132 Å². The molecular formula is C42H38N2O5. The molecule has 0 amide bonds. The van der Waals surface area contributed by atoms with Crippen LogP contribution in [0.2, 0.25) is 0 Å². The van der Waals surface area contributed by atoms with Crippen LogP contribution >= 0.6 is 0 Å². The quantitative estimate of drug-likeness (QED) is 0.136. The molecule has 0 aliphatic rings. The van der Waals surface area contributed by atoms with Gasteiger partial charge in [0.15, 0.2) is 0 Å². The highest BCUT2D eigenvalue weighted by Gasteiger charge is 2.15. The van der Waals surface area contributed by atoms with Gasteiger partial charge in [-0.15, -0.1) is 0 Å². The molecule has 0 radical (unpaired) electrons. The van der Waals surface area contributed by atoms with Crippen LogP contribution in [0, 0.1) is 0 Å². The molecule has 4 aromatic carbocycles. The molecule has 0 atom stereocenters. The predicted octanol–water partition coefficient (Wildman–Crippen LogP) is 9.85. The van der Waals surface area contributed by atoms with Gasteiger partial charge in [-0.25, -0.2) is 9.59 Å². The van der Waals surface area contributed by atoms with E-state index in [0.29, 0.717) is 33.8 Å². The third-order valence-electron chi connectivity index (χ3n) is 9.22. The zero-order valence-corrected chi connectivity index (χ0v) is 28.2. The fourth-order valence-electron chi connectivity index (χ4n) is 6.50. The van der Waals surface area contributed by atoms with E-state index in [1.54, 1.807) is 0 Å². The first-order chi connectivity index (χ1) is 23.9. The van der Waals surface area contributed by atoms with Gasteiger partial charge in [0.2, 0.25) is 0 Å². The molecule has 0 saturated carbocycles. The molecule has 0 saturated heterocycles. The van der Waals surface area contributed by atoms with Crippen LogP contribution in [-0.2, 0) is 0 Å². The molecule has 7 rings (SSSR count). The lowest BCUT2D eigenvalue weighted by Gasteiger charge is -2.21. The van der Waals surface area contributed by atoms with Crippen LogP contribution in [-0.4, -0.2) is 26.2 Å². The van der Waals surface area contributed by atoms with Crippen LogP contribution in [0.1, 0.15) is 27.7 Å². The average molecular weight is 651 g/mol. The van der Waals surface area contributed by atoms with Crippen LogP contribution in [0.3, 0.4) is 0 Å². The molecule has 7 aromatic rings. The number of rotatable bonds is 10. The maximum absolute atomic E-state index is 13.2. The monoisotopic (exact) mass is 650 g/mol. The van der Waals surface area contributed by atoms with Crippen molar-refractivity contribution in [3.8, 4) is 44.9 Å². The number of anilines is 2. The summed E-state index contributed by atoms with van der Waals surface area (Å²) in [4.78, 5) is 30.8. The fourth-order valence-corrected chi connectivity index (χ4v) is 6.50. The molecule has 7 nitrogen and oxygen atoms in total. The maximum Gasteiger partial charge on any atom is 0.344 e. The van der Waals surface area contributed by atoms with Crippen molar-refractivity contribution in [2.24, 2.45) is 0 Å². The first kappa shape index (κ1) is 31.8.